The van der Waals surface area contributed by atoms with Gasteiger partial charge in [-0.1, -0.05) is 72.3 Å². The molecule has 1 atom stereocenters. The molecule has 0 saturated carbocycles. The molecule has 0 fully saturated rings. The Hall–Kier alpha value is -2.08. The molecule has 1 N–H and O–H groups in total. The van der Waals surface area contributed by atoms with Crippen LogP contribution < -0.4 is 5.43 Å². The van der Waals surface area contributed by atoms with E-state index in [-0.39, 0.29) is 11.2 Å². The summed E-state index contributed by atoms with van der Waals surface area (Å²) < 4.78 is 0.651. The molecule has 27 heavy (non-hydrogen) atoms. The van der Waals surface area contributed by atoms with Crippen LogP contribution in [0.25, 0.3) is 10.4 Å². The number of benzene rings is 2. The minimum absolute atomic E-state index is 0.123. The number of amides is 1. The van der Waals surface area contributed by atoms with Crippen LogP contribution in [0.2, 0.25) is 4.34 Å². The number of hydrazone groups is 1. The quantitative estimate of drug-likeness (QED) is 0.389. The van der Waals surface area contributed by atoms with Gasteiger partial charge in [-0.05, 0) is 24.1 Å². The van der Waals surface area contributed by atoms with Crippen LogP contribution in [0.15, 0.2) is 71.8 Å². The summed E-state index contributed by atoms with van der Waals surface area (Å²) in [4.78, 5) is 13.3. The molecular weight excluding hydrogens is 396 g/mol. The van der Waals surface area contributed by atoms with Gasteiger partial charge in [0.05, 0.1) is 11.5 Å². The molecule has 0 bridgehead atoms. The van der Waals surface area contributed by atoms with Crippen molar-refractivity contribution in [3.05, 3.63) is 82.2 Å². The molecule has 0 spiro atoms. The monoisotopic (exact) mass is 414 g/mol. The zero-order chi connectivity index (χ0) is 19.1. The van der Waals surface area contributed by atoms with Gasteiger partial charge in [0, 0.05) is 16.2 Å². The normalized spacial score (nSPS) is 12.2. The largest absolute Gasteiger partial charge is 0.272 e. The predicted molar refractivity (Wildman–Crippen MR) is 118 cm³/mol. The molecule has 0 aliphatic carbocycles. The van der Waals surface area contributed by atoms with E-state index < -0.39 is 0 Å². The molecule has 1 amide bonds. The second-order valence-corrected chi connectivity index (χ2v) is 8.86. The van der Waals surface area contributed by atoms with Gasteiger partial charge in [-0.25, -0.2) is 5.43 Å². The third-order valence-electron chi connectivity index (χ3n) is 3.86. The zero-order valence-electron chi connectivity index (χ0n) is 14.8. The lowest BCUT2D eigenvalue weighted by molar-refractivity contribution is -0.120. The lowest BCUT2D eigenvalue weighted by Crippen LogP contribution is -2.26. The van der Waals surface area contributed by atoms with Crippen LogP contribution in [0.5, 0.6) is 0 Å². The summed E-state index contributed by atoms with van der Waals surface area (Å²) in [6, 6.07) is 22.1. The van der Waals surface area contributed by atoms with Crippen molar-refractivity contribution < 1.29 is 4.79 Å². The summed E-state index contributed by atoms with van der Waals surface area (Å²) in [6.07, 6.45) is 1.59. The summed E-state index contributed by atoms with van der Waals surface area (Å²) >= 11 is 9.37. The molecule has 138 valence electrons. The van der Waals surface area contributed by atoms with Crippen LogP contribution in [0, 0.1) is 0 Å². The van der Waals surface area contributed by atoms with E-state index in [9.17, 15) is 4.79 Å². The first-order valence-electron chi connectivity index (χ1n) is 8.46. The van der Waals surface area contributed by atoms with Crippen LogP contribution >= 0.6 is 34.7 Å². The molecular formula is C21H19ClN2OS2. The third-order valence-corrected chi connectivity index (χ3v) is 6.51. The van der Waals surface area contributed by atoms with Crippen molar-refractivity contribution in [1.29, 1.82) is 0 Å². The Morgan fingerprint density at radius 3 is 2.56 bits per heavy atom. The van der Waals surface area contributed by atoms with Crippen LogP contribution in [0.1, 0.15) is 18.1 Å². The van der Waals surface area contributed by atoms with Crippen molar-refractivity contribution in [2.24, 2.45) is 5.10 Å². The van der Waals surface area contributed by atoms with Gasteiger partial charge in [-0.3, -0.25) is 4.79 Å². The molecule has 3 nitrogen and oxygen atoms in total. The number of nitrogens with zero attached hydrogens (tertiary/aromatic N) is 1. The van der Waals surface area contributed by atoms with E-state index in [2.05, 4.69) is 22.7 Å². The third kappa shape index (κ3) is 5.70. The Morgan fingerprint density at radius 1 is 1.19 bits per heavy atom. The fourth-order valence-electron chi connectivity index (χ4n) is 2.34. The molecule has 0 radical (unpaired) electrons. The van der Waals surface area contributed by atoms with Gasteiger partial charge in [0.15, 0.2) is 0 Å². The van der Waals surface area contributed by atoms with E-state index in [1.165, 1.54) is 16.9 Å². The molecule has 0 saturated heterocycles. The van der Waals surface area contributed by atoms with Crippen molar-refractivity contribution in [2.75, 3.05) is 0 Å². The Labute approximate surface area is 172 Å². The first-order chi connectivity index (χ1) is 13.1. The van der Waals surface area contributed by atoms with Gasteiger partial charge in [-0.2, -0.15) is 5.10 Å². The van der Waals surface area contributed by atoms with Crippen LogP contribution in [0.3, 0.4) is 0 Å². The molecule has 0 aliphatic rings. The van der Waals surface area contributed by atoms with Crippen molar-refractivity contribution in [1.82, 2.24) is 5.43 Å². The Bertz CT molecular complexity index is 910. The number of halogens is 1. The average Bonchev–Trinajstić information content (AvgIpc) is 3.08. The first kappa shape index (κ1) is 19.7. The highest BCUT2D eigenvalue weighted by molar-refractivity contribution is 7.99. The van der Waals surface area contributed by atoms with Crippen LogP contribution in [-0.2, 0) is 10.5 Å². The number of carbonyl (C=O) groups excluding carboxylic acids is 1. The first-order valence-corrected chi connectivity index (χ1v) is 10.7. The summed E-state index contributed by atoms with van der Waals surface area (Å²) in [5, 5.41) is 3.88. The van der Waals surface area contributed by atoms with Crippen molar-refractivity contribution >= 4 is 46.8 Å². The minimum atomic E-state index is -0.194. The predicted octanol–water partition coefficient (Wildman–Crippen LogP) is 5.84. The second-order valence-electron chi connectivity index (χ2n) is 5.88. The molecule has 0 unspecified atom stereocenters. The average molecular weight is 415 g/mol. The number of thioether (sulfide) groups is 1. The molecule has 6 heteroatoms. The van der Waals surface area contributed by atoms with Gasteiger partial charge in [0.25, 0.3) is 5.91 Å². The summed E-state index contributed by atoms with van der Waals surface area (Å²) in [6.45, 7) is 1.88. The second kappa shape index (κ2) is 9.74. The topological polar surface area (TPSA) is 41.5 Å². The highest BCUT2D eigenvalue weighted by Gasteiger charge is 2.13. The molecule has 1 heterocycles. The lowest BCUT2D eigenvalue weighted by Gasteiger charge is -2.09. The molecule has 0 aliphatic heterocycles. The Morgan fingerprint density at radius 2 is 1.85 bits per heavy atom. The maximum absolute atomic E-state index is 12.2. The van der Waals surface area contributed by atoms with Gasteiger partial charge < -0.3 is 0 Å². The maximum atomic E-state index is 12.2. The van der Waals surface area contributed by atoms with E-state index in [4.69, 9.17) is 11.6 Å². The fraction of sp³-hybridized carbons (Fsp3) is 0.143. The number of rotatable bonds is 7. The van der Waals surface area contributed by atoms with Gasteiger partial charge >= 0.3 is 0 Å². The highest BCUT2D eigenvalue weighted by Crippen LogP contribution is 2.33. The minimum Gasteiger partial charge on any atom is -0.272 e. The standard InChI is InChI=1S/C21H19ClN2OS2/c1-15(26-14-16-8-4-2-5-9-16)21(25)24-23-13-18-12-19(27-20(18)22)17-10-6-3-7-11-17/h2-13,15H,14H2,1H3,(H,24,25)/b23-13-/t15-/m0/s1. The molecule has 3 rings (SSSR count). The van der Waals surface area contributed by atoms with E-state index in [0.29, 0.717) is 4.34 Å². The van der Waals surface area contributed by atoms with Crippen LogP contribution in [0.4, 0.5) is 0 Å². The summed E-state index contributed by atoms with van der Waals surface area (Å²) in [7, 11) is 0. The lowest BCUT2D eigenvalue weighted by atomic mass is 10.2. The molecule has 1 aromatic heterocycles. The maximum Gasteiger partial charge on any atom is 0.252 e. The van der Waals surface area contributed by atoms with Crippen molar-refractivity contribution in [3.8, 4) is 10.4 Å². The van der Waals surface area contributed by atoms with Gasteiger partial charge in [0.1, 0.15) is 4.34 Å². The number of nitrogens with one attached hydrogen (secondary N) is 1. The molecule has 2 aromatic carbocycles. The Balaban J connectivity index is 1.54. The molecule has 3 aromatic rings. The smallest absolute Gasteiger partial charge is 0.252 e. The number of hydrogen-bond donors (Lipinski definition) is 1. The SMILES string of the molecule is C[C@H](SCc1ccccc1)C(=O)N/N=C\c1cc(-c2ccccc2)sc1Cl. The van der Waals surface area contributed by atoms with E-state index in [0.717, 1.165) is 21.8 Å². The highest BCUT2D eigenvalue weighted by atomic mass is 35.5. The number of hydrogen-bond acceptors (Lipinski definition) is 4. The van der Waals surface area contributed by atoms with E-state index in [1.54, 1.807) is 18.0 Å². The van der Waals surface area contributed by atoms with Crippen LogP contribution in [-0.4, -0.2) is 17.4 Å². The summed E-state index contributed by atoms with van der Waals surface area (Å²) in [5.74, 6) is 0.664. The zero-order valence-corrected chi connectivity index (χ0v) is 17.2. The van der Waals surface area contributed by atoms with E-state index >= 15 is 0 Å². The number of carbonyl (C=O) groups is 1. The Kier molecular flexibility index (Phi) is 7.10. The number of thiophene rings is 1. The van der Waals surface area contributed by atoms with Gasteiger partial charge in [-0.15, -0.1) is 23.1 Å². The van der Waals surface area contributed by atoms with E-state index in [1.807, 2.05) is 61.5 Å². The van der Waals surface area contributed by atoms with Crippen molar-refractivity contribution in [2.45, 2.75) is 17.9 Å². The fourth-order valence-corrected chi connectivity index (χ4v) is 4.40. The van der Waals surface area contributed by atoms with Crippen molar-refractivity contribution in [3.63, 3.8) is 0 Å². The summed E-state index contributed by atoms with van der Waals surface area (Å²) in [5.41, 5.74) is 5.70. The van der Waals surface area contributed by atoms with Gasteiger partial charge in [0.2, 0.25) is 0 Å².